The number of benzene rings is 10. The molecule has 0 bridgehead atoms. The molecule has 0 aliphatic carbocycles. The Labute approximate surface area is 464 Å². The zero-order valence-electron chi connectivity index (χ0n) is 43.0. The lowest BCUT2D eigenvalue weighted by Gasteiger charge is -2.19. The third kappa shape index (κ3) is 9.20. The van der Waals surface area contributed by atoms with Gasteiger partial charge in [0.1, 0.15) is 0 Å². The van der Waals surface area contributed by atoms with Crippen LogP contribution < -0.4 is 0 Å². The van der Waals surface area contributed by atoms with E-state index in [9.17, 15) is 0 Å². The summed E-state index contributed by atoms with van der Waals surface area (Å²) in [6.45, 7) is 0. The Kier molecular flexibility index (Phi) is 12.4. The average Bonchev–Trinajstić information content (AvgIpc) is 4.01. The summed E-state index contributed by atoms with van der Waals surface area (Å²) in [6, 6.07) is 100.0. The fourth-order valence-corrected chi connectivity index (χ4v) is 12.4. The van der Waals surface area contributed by atoms with Gasteiger partial charge in [-0.2, -0.15) is 0 Å². The fourth-order valence-electron chi connectivity index (χ4n) is 11.2. The number of hydrogen-bond acceptors (Lipinski definition) is 4. The smallest absolute Gasteiger partial charge is 0.0723 e. The lowest BCUT2D eigenvalue weighted by atomic mass is 9.85. The van der Waals surface area contributed by atoms with Crippen molar-refractivity contribution in [1.82, 2.24) is 15.0 Å². The van der Waals surface area contributed by atoms with Crippen molar-refractivity contribution in [3.05, 3.63) is 298 Å². The van der Waals surface area contributed by atoms with Crippen molar-refractivity contribution in [2.24, 2.45) is 0 Å². The lowest BCUT2D eigenvalue weighted by Crippen LogP contribution is -1.95. The van der Waals surface area contributed by atoms with Gasteiger partial charge in [-0.05, 0) is 115 Å². The Morgan fingerprint density at radius 2 is 0.595 bits per heavy atom. The zero-order chi connectivity index (χ0) is 52.5. The van der Waals surface area contributed by atoms with Crippen LogP contribution in [0.5, 0.6) is 0 Å². The van der Waals surface area contributed by atoms with Crippen LogP contribution in [-0.2, 0) is 0 Å². The highest BCUT2D eigenvalue weighted by molar-refractivity contribution is 7.26. The Balaban J connectivity index is 0.953. The minimum absolute atomic E-state index is 0.940. The highest BCUT2D eigenvalue weighted by atomic mass is 32.1. The van der Waals surface area contributed by atoms with Crippen LogP contribution in [0.15, 0.2) is 298 Å². The molecule has 370 valence electrons. The molecule has 0 unspecified atom stereocenters. The van der Waals surface area contributed by atoms with E-state index >= 15 is 0 Å². The molecule has 4 aromatic heterocycles. The summed E-state index contributed by atoms with van der Waals surface area (Å²) >= 11 is 1.83. The minimum Gasteiger partial charge on any atom is -0.256 e. The van der Waals surface area contributed by atoms with E-state index in [1.54, 1.807) is 0 Å². The molecule has 14 aromatic rings. The van der Waals surface area contributed by atoms with E-state index in [2.05, 4.69) is 273 Å². The van der Waals surface area contributed by atoms with Crippen LogP contribution in [0.1, 0.15) is 0 Å². The molecule has 0 fully saturated rings. The molecule has 10 aromatic carbocycles. The molecule has 0 aliphatic heterocycles. The molecular weight excluding hydrogens is 975 g/mol. The number of rotatable bonds is 11. The maximum Gasteiger partial charge on any atom is 0.0723 e. The minimum atomic E-state index is 0.940. The van der Waals surface area contributed by atoms with Gasteiger partial charge < -0.3 is 0 Å². The molecule has 0 atom stereocenters. The normalized spacial score (nSPS) is 11.3. The quantitative estimate of drug-likeness (QED) is 0.130. The van der Waals surface area contributed by atoms with Crippen LogP contribution in [0.25, 0.3) is 143 Å². The number of hydrogen-bond donors (Lipinski definition) is 0. The molecule has 0 saturated heterocycles. The summed E-state index contributed by atoms with van der Waals surface area (Å²) in [7, 11) is 0. The predicted octanol–water partition coefficient (Wildman–Crippen LogP) is 20.6. The van der Waals surface area contributed by atoms with Crippen molar-refractivity contribution in [2.45, 2.75) is 0 Å². The van der Waals surface area contributed by atoms with Crippen molar-refractivity contribution >= 4 is 31.5 Å². The molecule has 0 amide bonds. The molecule has 0 spiro atoms. The Morgan fingerprint density at radius 3 is 1.13 bits per heavy atom. The second-order valence-electron chi connectivity index (χ2n) is 19.9. The van der Waals surface area contributed by atoms with Gasteiger partial charge in [0.15, 0.2) is 0 Å². The van der Waals surface area contributed by atoms with Gasteiger partial charge in [0.2, 0.25) is 0 Å². The summed E-state index contributed by atoms with van der Waals surface area (Å²) < 4.78 is 2.51. The van der Waals surface area contributed by atoms with Crippen LogP contribution in [0.4, 0.5) is 0 Å². The highest BCUT2D eigenvalue weighted by Crippen LogP contribution is 2.46. The monoisotopic (exact) mass is 1020 g/mol. The number of fused-ring (bicyclic) bond motifs is 3. The van der Waals surface area contributed by atoms with E-state index in [1.807, 2.05) is 35.9 Å². The highest BCUT2D eigenvalue weighted by Gasteiger charge is 2.21. The predicted molar refractivity (Wildman–Crippen MR) is 333 cm³/mol. The molecule has 14 rings (SSSR count). The van der Waals surface area contributed by atoms with E-state index in [4.69, 9.17) is 15.0 Å². The molecule has 0 aliphatic rings. The SMILES string of the molecule is c1ccc(-c2ccc(-c3cc(-c4cccc5c4sc4ccccc45)ncc3-c3ccccc3-c3cc(-c4ccccc4-c4ccc(-c5ccccc5)nc4)cc(-c4ccccc4-c4ccc(-c5ccccc5)nc4)c3)cc2)cc1. The summed E-state index contributed by atoms with van der Waals surface area (Å²) in [4.78, 5) is 15.4. The van der Waals surface area contributed by atoms with Gasteiger partial charge >= 0.3 is 0 Å². The van der Waals surface area contributed by atoms with Gasteiger partial charge in [-0.1, -0.05) is 237 Å². The second-order valence-corrected chi connectivity index (χ2v) is 20.9. The Hall–Kier alpha value is -10.1. The molecule has 4 heteroatoms. The summed E-state index contributed by atoms with van der Waals surface area (Å²) in [5, 5.41) is 2.52. The van der Waals surface area contributed by atoms with Crippen LogP contribution in [0.3, 0.4) is 0 Å². The summed E-state index contributed by atoms with van der Waals surface area (Å²) in [6.07, 6.45) is 6.12. The first kappa shape index (κ1) is 47.3. The molecule has 0 saturated carbocycles. The van der Waals surface area contributed by atoms with E-state index < -0.39 is 0 Å². The van der Waals surface area contributed by atoms with E-state index in [0.29, 0.717) is 0 Å². The number of nitrogens with zero attached hydrogens (tertiary/aromatic N) is 3. The summed E-state index contributed by atoms with van der Waals surface area (Å²) in [5.41, 5.74) is 23.8. The maximum atomic E-state index is 5.40. The first-order chi connectivity index (χ1) is 39.2. The number of aromatic nitrogens is 3. The van der Waals surface area contributed by atoms with Gasteiger partial charge in [0, 0.05) is 72.1 Å². The van der Waals surface area contributed by atoms with E-state index in [1.165, 1.54) is 31.3 Å². The van der Waals surface area contributed by atoms with Crippen LogP contribution in [-0.4, -0.2) is 15.0 Å². The van der Waals surface area contributed by atoms with Gasteiger partial charge in [0.05, 0.1) is 17.1 Å². The van der Waals surface area contributed by atoms with Crippen molar-refractivity contribution in [3.8, 4) is 123 Å². The van der Waals surface area contributed by atoms with E-state index in [-0.39, 0.29) is 0 Å². The number of thiophene rings is 1. The Bertz CT molecular complexity index is 4350. The fraction of sp³-hybridized carbons (Fsp3) is 0. The van der Waals surface area contributed by atoms with Crippen LogP contribution >= 0.6 is 11.3 Å². The van der Waals surface area contributed by atoms with Gasteiger partial charge in [-0.3, -0.25) is 15.0 Å². The maximum absolute atomic E-state index is 5.40. The molecule has 79 heavy (non-hydrogen) atoms. The first-order valence-electron chi connectivity index (χ1n) is 26.7. The van der Waals surface area contributed by atoms with Crippen molar-refractivity contribution in [1.29, 1.82) is 0 Å². The van der Waals surface area contributed by atoms with Crippen molar-refractivity contribution < 1.29 is 0 Å². The standard InChI is InChI=1S/C75H49N3S/c1-4-19-50(20-5-1)51-35-37-52(38-36-51)69-46-73(68-33-18-32-67-66-31-16-17-34-74(66)79-75(67)68)78-49-70(69)65-30-15-14-29-64(65)59-44-57(62-27-12-10-25-60(62)55-39-41-71(76-47-55)53-21-6-2-7-22-53)43-58(45-59)63-28-13-11-26-61(63)56-40-42-72(77-48-56)54-23-8-3-9-24-54/h1-49H. The topological polar surface area (TPSA) is 38.7 Å². The average molecular weight is 1020 g/mol. The van der Waals surface area contributed by atoms with Crippen LogP contribution in [0.2, 0.25) is 0 Å². The van der Waals surface area contributed by atoms with E-state index in [0.717, 1.165) is 112 Å². The number of pyridine rings is 3. The van der Waals surface area contributed by atoms with Gasteiger partial charge in [0.25, 0.3) is 0 Å². The Morgan fingerprint density at radius 1 is 0.203 bits per heavy atom. The largest absolute Gasteiger partial charge is 0.256 e. The van der Waals surface area contributed by atoms with Crippen molar-refractivity contribution in [2.75, 3.05) is 0 Å². The molecular formula is C75H49N3S. The first-order valence-corrected chi connectivity index (χ1v) is 27.5. The zero-order valence-corrected chi connectivity index (χ0v) is 43.9. The van der Waals surface area contributed by atoms with Crippen molar-refractivity contribution in [3.63, 3.8) is 0 Å². The van der Waals surface area contributed by atoms with Crippen LogP contribution in [0, 0.1) is 0 Å². The summed E-state index contributed by atoms with van der Waals surface area (Å²) in [5.74, 6) is 0. The third-order valence-corrected chi connectivity index (χ3v) is 16.3. The second kappa shape index (κ2) is 20.8. The lowest BCUT2D eigenvalue weighted by molar-refractivity contribution is 1.32. The van der Waals surface area contributed by atoms with Gasteiger partial charge in [-0.25, -0.2) is 0 Å². The van der Waals surface area contributed by atoms with Gasteiger partial charge in [-0.15, -0.1) is 11.3 Å². The molecule has 0 radical (unpaired) electrons. The molecule has 0 N–H and O–H groups in total. The third-order valence-electron chi connectivity index (χ3n) is 15.1. The molecule has 4 heterocycles. The molecule has 3 nitrogen and oxygen atoms in total.